The Kier molecular flexibility index (Phi) is 5.34. The Morgan fingerprint density at radius 2 is 2.04 bits per heavy atom. The number of rotatable bonds is 4. The Morgan fingerprint density at radius 3 is 2.75 bits per heavy atom. The maximum absolute atomic E-state index is 13.9. The summed E-state index contributed by atoms with van der Waals surface area (Å²) in [6.07, 6.45) is 2.10. The zero-order valence-electron chi connectivity index (χ0n) is 13.2. The molecule has 0 amide bonds. The number of nitrogens with one attached hydrogen (secondary N) is 1. The third-order valence-electron chi connectivity index (χ3n) is 4.34. The third kappa shape index (κ3) is 3.69. The van der Waals surface area contributed by atoms with Crippen LogP contribution in [0.25, 0.3) is 0 Å². The molecule has 0 radical (unpaired) electrons. The number of ether oxygens (including phenoxy) is 1. The number of nitrogens with zero attached hydrogens (tertiary/aromatic N) is 1. The fourth-order valence-corrected chi connectivity index (χ4v) is 3.31. The lowest BCUT2D eigenvalue weighted by atomic mass is 9.90. The van der Waals surface area contributed by atoms with Crippen molar-refractivity contribution < 1.29 is 9.13 Å². The van der Waals surface area contributed by atoms with Crippen LogP contribution in [0.1, 0.15) is 35.4 Å². The van der Waals surface area contributed by atoms with E-state index in [0.717, 1.165) is 31.5 Å². The summed E-state index contributed by atoms with van der Waals surface area (Å²) in [5, 5.41) is 12.7. The Bertz CT molecular complexity index is 766. The number of piperidine rings is 1. The van der Waals surface area contributed by atoms with E-state index in [1.807, 2.05) is 18.2 Å². The lowest BCUT2D eigenvalue weighted by molar-refractivity contribution is 0.299. The largest absolute Gasteiger partial charge is 0.487 e. The van der Waals surface area contributed by atoms with Crippen LogP contribution in [0, 0.1) is 17.1 Å². The monoisotopic (exact) mass is 344 g/mol. The predicted octanol–water partition coefficient (Wildman–Crippen LogP) is 4.40. The van der Waals surface area contributed by atoms with Crippen molar-refractivity contribution in [3.8, 4) is 11.8 Å². The molecule has 0 unspecified atom stereocenters. The highest BCUT2D eigenvalue weighted by atomic mass is 35.5. The highest BCUT2D eigenvalue weighted by Gasteiger charge is 2.19. The molecule has 5 heteroatoms. The Balaban J connectivity index is 1.75. The molecule has 1 aliphatic heterocycles. The minimum absolute atomic E-state index is 0.0763. The molecule has 0 aliphatic carbocycles. The molecule has 2 aromatic carbocycles. The zero-order chi connectivity index (χ0) is 16.9. The number of hydrogen-bond acceptors (Lipinski definition) is 3. The number of nitriles is 1. The maximum Gasteiger partial charge on any atom is 0.138 e. The molecule has 0 spiro atoms. The van der Waals surface area contributed by atoms with Gasteiger partial charge in [0.25, 0.3) is 0 Å². The first kappa shape index (κ1) is 16.8. The minimum atomic E-state index is -0.445. The van der Waals surface area contributed by atoms with E-state index < -0.39 is 5.82 Å². The summed E-state index contributed by atoms with van der Waals surface area (Å²) >= 11 is 6.51. The van der Waals surface area contributed by atoms with Crippen molar-refractivity contribution in [3.05, 3.63) is 63.9 Å². The lowest BCUT2D eigenvalue weighted by Gasteiger charge is -2.24. The topological polar surface area (TPSA) is 45.0 Å². The van der Waals surface area contributed by atoms with Gasteiger partial charge in [0, 0.05) is 5.56 Å². The summed E-state index contributed by atoms with van der Waals surface area (Å²) < 4.78 is 19.7. The first-order valence-electron chi connectivity index (χ1n) is 7.99. The van der Waals surface area contributed by atoms with Gasteiger partial charge in [-0.15, -0.1) is 0 Å². The van der Waals surface area contributed by atoms with Crippen molar-refractivity contribution in [3.63, 3.8) is 0 Å². The first-order chi connectivity index (χ1) is 11.7. The van der Waals surface area contributed by atoms with Crippen LogP contribution in [-0.4, -0.2) is 13.1 Å². The van der Waals surface area contributed by atoms with Gasteiger partial charge in [-0.25, -0.2) is 4.39 Å². The van der Waals surface area contributed by atoms with E-state index in [1.165, 1.54) is 6.07 Å². The average Bonchev–Trinajstić information content (AvgIpc) is 2.62. The maximum atomic E-state index is 13.9. The molecule has 1 fully saturated rings. The minimum Gasteiger partial charge on any atom is -0.487 e. The molecule has 3 nitrogen and oxygen atoms in total. The van der Waals surface area contributed by atoms with Crippen LogP contribution in [0.15, 0.2) is 36.4 Å². The van der Waals surface area contributed by atoms with Crippen LogP contribution in [-0.2, 0) is 6.61 Å². The molecular weight excluding hydrogens is 327 g/mol. The first-order valence-corrected chi connectivity index (χ1v) is 8.37. The van der Waals surface area contributed by atoms with Gasteiger partial charge in [-0.1, -0.05) is 29.8 Å². The van der Waals surface area contributed by atoms with Crippen LogP contribution >= 0.6 is 11.6 Å². The molecule has 0 bridgehead atoms. The molecule has 3 rings (SSSR count). The van der Waals surface area contributed by atoms with Crippen LogP contribution in [0.3, 0.4) is 0 Å². The second-order valence-corrected chi connectivity index (χ2v) is 6.27. The van der Waals surface area contributed by atoms with Crippen molar-refractivity contribution in [1.29, 1.82) is 5.26 Å². The van der Waals surface area contributed by atoms with Crippen LogP contribution < -0.4 is 10.1 Å². The number of benzene rings is 2. The third-order valence-corrected chi connectivity index (χ3v) is 4.74. The number of halogens is 2. The Hall–Kier alpha value is -2.09. The lowest BCUT2D eigenvalue weighted by Crippen LogP contribution is -2.26. The Morgan fingerprint density at radius 1 is 1.25 bits per heavy atom. The average molecular weight is 345 g/mol. The van der Waals surface area contributed by atoms with Crippen LogP contribution in [0.4, 0.5) is 4.39 Å². The Labute approximate surface area is 146 Å². The van der Waals surface area contributed by atoms with Gasteiger partial charge in [-0.05, 0) is 55.6 Å². The standard InChI is InChI=1S/C19H18ClFN2O/c20-19-16(14-6-8-23-9-7-14)2-1-3-18(19)24-12-15-5-4-13(11-22)10-17(15)21/h1-5,10,14,23H,6-9,12H2. The fraction of sp³-hybridized carbons (Fsp3) is 0.316. The summed E-state index contributed by atoms with van der Waals surface area (Å²) in [5.74, 6) is 0.546. The van der Waals surface area contributed by atoms with E-state index in [1.54, 1.807) is 18.2 Å². The summed E-state index contributed by atoms with van der Waals surface area (Å²) in [7, 11) is 0. The van der Waals surface area contributed by atoms with Crippen molar-refractivity contribution in [2.45, 2.75) is 25.4 Å². The quantitative estimate of drug-likeness (QED) is 0.894. The fourth-order valence-electron chi connectivity index (χ4n) is 2.98. The smallest absolute Gasteiger partial charge is 0.138 e. The molecule has 1 aliphatic rings. The van der Waals surface area contributed by atoms with Gasteiger partial charge in [0.2, 0.25) is 0 Å². The summed E-state index contributed by atoms with van der Waals surface area (Å²) in [5.41, 5.74) is 1.79. The highest BCUT2D eigenvalue weighted by Crippen LogP contribution is 2.36. The van der Waals surface area contributed by atoms with Crippen molar-refractivity contribution >= 4 is 11.6 Å². The summed E-state index contributed by atoms with van der Waals surface area (Å²) in [4.78, 5) is 0. The van der Waals surface area contributed by atoms with E-state index in [2.05, 4.69) is 5.32 Å². The van der Waals surface area contributed by atoms with Gasteiger partial charge in [-0.2, -0.15) is 5.26 Å². The van der Waals surface area contributed by atoms with Crippen LogP contribution in [0.5, 0.6) is 5.75 Å². The summed E-state index contributed by atoms with van der Waals surface area (Å²) in [6, 6.07) is 12.0. The molecular formula is C19H18ClFN2O. The zero-order valence-corrected chi connectivity index (χ0v) is 13.9. The second-order valence-electron chi connectivity index (χ2n) is 5.89. The molecule has 1 heterocycles. The molecule has 0 aromatic heterocycles. The molecule has 0 atom stereocenters. The van der Waals surface area contributed by atoms with E-state index in [4.69, 9.17) is 21.6 Å². The second kappa shape index (κ2) is 7.65. The van der Waals surface area contributed by atoms with Crippen molar-refractivity contribution in [2.24, 2.45) is 0 Å². The normalized spacial score (nSPS) is 15.0. The molecule has 1 N–H and O–H groups in total. The van der Waals surface area contributed by atoms with Gasteiger partial charge in [0.1, 0.15) is 18.2 Å². The van der Waals surface area contributed by atoms with Gasteiger partial charge < -0.3 is 10.1 Å². The van der Waals surface area contributed by atoms with E-state index in [0.29, 0.717) is 27.8 Å². The van der Waals surface area contributed by atoms with Crippen molar-refractivity contribution in [1.82, 2.24) is 5.32 Å². The molecule has 1 saturated heterocycles. The van der Waals surface area contributed by atoms with E-state index in [-0.39, 0.29) is 6.61 Å². The van der Waals surface area contributed by atoms with Gasteiger partial charge in [0.15, 0.2) is 0 Å². The van der Waals surface area contributed by atoms with Gasteiger partial charge in [-0.3, -0.25) is 0 Å². The molecule has 0 saturated carbocycles. The molecule has 2 aromatic rings. The molecule has 24 heavy (non-hydrogen) atoms. The summed E-state index contributed by atoms with van der Waals surface area (Å²) in [6.45, 7) is 2.05. The van der Waals surface area contributed by atoms with Crippen molar-refractivity contribution in [2.75, 3.05) is 13.1 Å². The SMILES string of the molecule is N#Cc1ccc(COc2cccc(C3CCNCC3)c2Cl)c(F)c1. The van der Waals surface area contributed by atoms with Gasteiger partial charge >= 0.3 is 0 Å². The van der Waals surface area contributed by atoms with E-state index >= 15 is 0 Å². The highest BCUT2D eigenvalue weighted by molar-refractivity contribution is 6.32. The molecule has 124 valence electrons. The van der Waals surface area contributed by atoms with E-state index in [9.17, 15) is 4.39 Å². The van der Waals surface area contributed by atoms with Crippen LogP contribution in [0.2, 0.25) is 5.02 Å². The predicted molar refractivity (Wildman–Crippen MR) is 91.7 cm³/mol. The number of hydrogen-bond donors (Lipinski definition) is 1. The van der Waals surface area contributed by atoms with Gasteiger partial charge in [0.05, 0.1) is 16.7 Å².